The van der Waals surface area contributed by atoms with Crippen molar-refractivity contribution < 1.29 is 5.11 Å². The van der Waals surface area contributed by atoms with E-state index < -0.39 is 0 Å². The predicted molar refractivity (Wildman–Crippen MR) is 162 cm³/mol. The maximum absolute atomic E-state index is 10.6. The number of nitrogens with one attached hydrogen (secondary N) is 2. The molecule has 220 valence electrons. The molecule has 38 heavy (non-hydrogen) atoms. The van der Waals surface area contributed by atoms with Crippen LogP contribution in [0, 0.1) is 46.3 Å². The first-order chi connectivity index (χ1) is 18.2. The maximum Gasteiger partial charge on any atom is 0.0577 e. The Morgan fingerprint density at radius 2 is 1.71 bits per heavy atom. The number of nitrogens with two attached hydrogens (primary N) is 1. The zero-order valence-corrected chi connectivity index (χ0v) is 25.7. The molecule has 0 aliphatic heterocycles. The highest BCUT2D eigenvalue weighted by Crippen LogP contribution is 2.67. The van der Waals surface area contributed by atoms with E-state index >= 15 is 0 Å². The van der Waals surface area contributed by atoms with Crippen LogP contribution in [0.1, 0.15) is 118 Å². The molecule has 0 aromatic carbocycles. The Morgan fingerprint density at radius 1 is 0.921 bits per heavy atom. The van der Waals surface area contributed by atoms with E-state index in [0.29, 0.717) is 16.9 Å². The van der Waals surface area contributed by atoms with E-state index in [9.17, 15) is 5.11 Å². The van der Waals surface area contributed by atoms with Crippen LogP contribution >= 0.6 is 0 Å². The second-order valence-corrected chi connectivity index (χ2v) is 14.9. The Bertz CT molecular complexity index is 767. The first-order valence-corrected chi connectivity index (χ1v) is 16.7. The van der Waals surface area contributed by atoms with E-state index in [1.165, 1.54) is 64.2 Å². The molecule has 9 atom stereocenters. The van der Waals surface area contributed by atoms with Gasteiger partial charge in [-0.15, -0.1) is 0 Å². The third-order valence-corrected chi connectivity index (χ3v) is 12.1. The van der Waals surface area contributed by atoms with Gasteiger partial charge in [0.1, 0.15) is 0 Å². The number of aliphatic hydroxyl groups excluding tert-OH is 1. The summed E-state index contributed by atoms with van der Waals surface area (Å²) in [6.07, 6.45) is 18.9. The van der Waals surface area contributed by atoms with Crippen LogP contribution in [0.4, 0.5) is 0 Å². The Hall–Kier alpha value is -0.420. The van der Waals surface area contributed by atoms with Crippen molar-refractivity contribution in [2.75, 3.05) is 26.2 Å². The summed E-state index contributed by atoms with van der Waals surface area (Å²) in [5.74, 6) is 4.94. The molecule has 3 fully saturated rings. The van der Waals surface area contributed by atoms with Gasteiger partial charge < -0.3 is 21.5 Å². The lowest BCUT2D eigenvalue weighted by Crippen LogP contribution is -2.58. The molecular formula is C34H63N3O. The average molecular weight is 530 g/mol. The van der Waals surface area contributed by atoms with Gasteiger partial charge in [-0.2, -0.15) is 0 Å². The highest BCUT2D eigenvalue weighted by atomic mass is 16.3. The maximum atomic E-state index is 10.6. The summed E-state index contributed by atoms with van der Waals surface area (Å²) in [5, 5.41) is 18.3. The zero-order valence-electron chi connectivity index (χ0n) is 25.7. The van der Waals surface area contributed by atoms with Gasteiger partial charge in [-0.25, -0.2) is 0 Å². The van der Waals surface area contributed by atoms with Crippen LogP contribution in [0.5, 0.6) is 0 Å². The van der Waals surface area contributed by atoms with Crippen LogP contribution in [0.2, 0.25) is 0 Å². The Kier molecular flexibility index (Phi) is 10.8. The summed E-state index contributed by atoms with van der Waals surface area (Å²) >= 11 is 0. The Morgan fingerprint density at radius 3 is 2.47 bits per heavy atom. The van der Waals surface area contributed by atoms with Crippen molar-refractivity contribution >= 4 is 0 Å². The fraction of sp³-hybridized carbons (Fsp3) is 0.941. The van der Waals surface area contributed by atoms with E-state index in [-0.39, 0.29) is 6.10 Å². The Balaban J connectivity index is 1.47. The summed E-state index contributed by atoms with van der Waals surface area (Å²) in [6, 6.07) is 0.477. The molecule has 0 bridgehead atoms. The average Bonchev–Trinajstić information content (AvgIpc) is 3.23. The third-order valence-electron chi connectivity index (χ3n) is 12.1. The van der Waals surface area contributed by atoms with Crippen LogP contribution in [-0.2, 0) is 0 Å². The molecule has 0 spiro atoms. The van der Waals surface area contributed by atoms with Gasteiger partial charge in [0.05, 0.1) is 6.10 Å². The van der Waals surface area contributed by atoms with Gasteiger partial charge in [-0.1, -0.05) is 65.5 Å². The molecule has 0 amide bonds. The molecule has 0 heterocycles. The summed E-state index contributed by atoms with van der Waals surface area (Å²) in [7, 11) is 0. The first-order valence-electron chi connectivity index (χ1n) is 16.7. The number of unbranched alkanes of at least 4 members (excludes halogenated alkanes) is 1. The van der Waals surface area contributed by atoms with Crippen molar-refractivity contribution in [1.29, 1.82) is 0 Å². The lowest BCUT2D eigenvalue weighted by atomic mass is 9.46. The topological polar surface area (TPSA) is 70.3 Å². The molecule has 4 aliphatic rings. The van der Waals surface area contributed by atoms with Crippen molar-refractivity contribution in [3.63, 3.8) is 0 Å². The number of rotatable bonds is 14. The fourth-order valence-electron chi connectivity index (χ4n) is 9.89. The summed E-state index contributed by atoms with van der Waals surface area (Å²) < 4.78 is 0. The number of fused-ring (bicyclic) bond motifs is 5. The molecule has 0 aromatic rings. The molecule has 5 N–H and O–H groups in total. The largest absolute Gasteiger partial charge is 0.393 e. The second-order valence-electron chi connectivity index (χ2n) is 14.9. The predicted octanol–water partition coefficient (Wildman–Crippen LogP) is 6.68. The monoisotopic (exact) mass is 529 g/mol. The summed E-state index contributed by atoms with van der Waals surface area (Å²) in [5.41, 5.74) is 8.01. The molecular weight excluding hydrogens is 466 g/mol. The number of aliphatic hydroxyl groups is 1. The van der Waals surface area contributed by atoms with Gasteiger partial charge in [0.2, 0.25) is 0 Å². The van der Waals surface area contributed by atoms with Gasteiger partial charge in [-0.05, 0) is 137 Å². The van der Waals surface area contributed by atoms with Crippen molar-refractivity contribution in [3.05, 3.63) is 11.6 Å². The van der Waals surface area contributed by atoms with E-state index in [2.05, 4.69) is 51.3 Å². The van der Waals surface area contributed by atoms with E-state index in [1.807, 2.05) is 0 Å². The number of hydrogen-bond donors (Lipinski definition) is 4. The second kappa shape index (κ2) is 13.5. The summed E-state index contributed by atoms with van der Waals surface area (Å²) in [6.45, 7) is 16.7. The Labute approximate surface area is 235 Å². The van der Waals surface area contributed by atoms with Crippen molar-refractivity contribution in [3.8, 4) is 0 Å². The highest BCUT2D eigenvalue weighted by Gasteiger charge is 2.61. The smallest absolute Gasteiger partial charge is 0.0577 e. The minimum absolute atomic E-state index is 0.138. The lowest BCUT2D eigenvalue weighted by Gasteiger charge is -2.60. The molecule has 0 radical (unpaired) electrons. The fourth-order valence-corrected chi connectivity index (χ4v) is 9.89. The lowest BCUT2D eigenvalue weighted by molar-refractivity contribution is -0.0675. The van der Waals surface area contributed by atoms with E-state index in [1.54, 1.807) is 5.57 Å². The molecule has 0 unspecified atom stereocenters. The van der Waals surface area contributed by atoms with E-state index in [0.717, 1.165) is 80.9 Å². The summed E-state index contributed by atoms with van der Waals surface area (Å²) in [4.78, 5) is 0. The van der Waals surface area contributed by atoms with Crippen LogP contribution in [0.3, 0.4) is 0 Å². The first kappa shape index (κ1) is 30.5. The molecule has 0 saturated heterocycles. The van der Waals surface area contributed by atoms with Gasteiger partial charge >= 0.3 is 0 Å². The van der Waals surface area contributed by atoms with Gasteiger partial charge in [0, 0.05) is 6.04 Å². The molecule has 4 aliphatic carbocycles. The van der Waals surface area contributed by atoms with Gasteiger partial charge in [-0.3, -0.25) is 0 Å². The van der Waals surface area contributed by atoms with Crippen LogP contribution in [0.25, 0.3) is 0 Å². The molecule has 0 aromatic heterocycles. The van der Waals surface area contributed by atoms with Crippen molar-refractivity contribution in [2.45, 2.75) is 130 Å². The SMILES string of the molecule is CC(C)CCC[C@@H](C)[C@H]1CC[C@H]2[C@@H]3[C@@H](NCCCNCCCCN)C=C4C[C@@H](O)CC[C@]4(C)[C@H]3CC[C@]12C. The zero-order chi connectivity index (χ0) is 27.3. The molecule has 4 nitrogen and oxygen atoms in total. The molecule has 4 heteroatoms. The number of hydrogen-bond acceptors (Lipinski definition) is 4. The normalized spacial score (nSPS) is 39.4. The molecule has 3 saturated carbocycles. The highest BCUT2D eigenvalue weighted by molar-refractivity contribution is 5.29. The molecule has 4 rings (SSSR count). The van der Waals surface area contributed by atoms with Crippen LogP contribution in [0.15, 0.2) is 11.6 Å². The van der Waals surface area contributed by atoms with Crippen molar-refractivity contribution in [2.24, 2.45) is 52.1 Å². The minimum Gasteiger partial charge on any atom is -0.393 e. The van der Waals surface area contributed by atoms with Gasteiger partial charge in [0.25, 0.3) is 0 Å². The van der Waals surface area contributed by atoms with Crippen molar-refractivity contribution in [1.82, 2.24) is 10.6 Å². The minimum atomic E-state index is -0.138. The third kappa shape index (κ3) is 6.55. The van der Waals surface area contributed by atoms with E-state index in [4.69, 9.17) is 5.73 Å². The van der Waals surface area contributed by atoms with Crippen LogP contribution < -0.4 is 16.4 Å². The van der Waals surface area contributed by atoms with Crippen LogP contribution in [-0.4, -0.2) is 43.4 Å². The van der Waals surface area contributed by atoms with Gasteiger partial charge in [0.15, 0.2) is 0 Å². The standard InChI is InChI=1S/C34H63N3O/c1-24(2)10-8-11-25(3)28-12-13-29-32-30(15-17-34(28,29)5)33(4)16-14-27(38)22-26(33)23-31(32)37-21-9-20-36-19-7-6-18-35/h23-25,27-32,36-38H,6-22,35H2,1-5H3/t25-,27+,28-,29+,30+,31+,32+,33+,34-/m1/s1. The quantitative estimate of drug-likeness (QED) is 0.150.